The second-order valence-electron chi connectivity index (χ2n) is 6.42. The van der Waals surface area contributed by atoms with Crippen LogP contribution >= 0.6 is 0 Å². The molecule has 1 aliphatic carbocycles. The minimum absolute atomic E-state index is 0.00374. The molecule has 118 valence electrons. The van der Waals surface area contributed by atoms with E-state index in [9.17, 15) is 4.79 Å². The quantitative estimate of drug-likeness (QED) is 0.909. The lowest BCUT2D eigenvalue weighted by Crippen LogP contribution is -2.38. The minimum atomic E-state index is 0.00374. The van der Waals surface area contributed by atoms with Crippen molar-refractivity contribution < 1.29 is 9.53 Å². The zero-order chi connectivity index (χ0) is 15.5. The number of H-pyrrole nitrogens is 1. The van der Waals surface area contributed by atoms with Crippen molar-refractivity contribution in [2.75, 3.05) is 13.7 Å². The van der Waals surface area contributed by atoms with Gasteiger partial charge in [-0.1, -0.05) is 11.6 Å². The number of methoxy groups -OCH3 is 1. The Balaban J connectivity index is 1.61. The minimum Gasteiger partial charge on any atom is -0.384 e. The maximum atomic E-state index is 12.4. The molecular weight excluding hydrogens is 276 g/mol. The van der Waals surface area contributed by atoms with E-state index in [2.05, 4.69) is 29.4 Å². The molecule has 1 aromatic carbocycles. The van der Waals surface area contributed by atoms with E-state index < -0.39 is 0 Å². The lowest BCUT2D eigenvalue weighted by atomic mass is 9.86. The van der Waals surface area contributed by atoms with E-state index >= 15 is 0 Å². The fraction of sp³-hybridized carbons (Fsp3) is 0.500. The van der Waals surface area contributed by atoms with Gasteiger partial charge in [-0.15, -0.1) is 0 Å². The molecule has 2 aromatic rings. The molecule has 0 unspecified atom stereocenters. The van der Waals surface area contributed by atoms with Gasteiger partial charge in [0.1, 0.15) is 5.69 Å². The first-order chi connectivity index (χ1) is 10.7. The monoisotopic (exact) mass is 300 g/mol. The van der Waals surface area contributed by atoms with Crippen LogP contribution in [-0.4, -0.2) is 30.6 Å². The van der Waals surface area contributed by atoms with Gasteiger partial charge in [0.05, 0.1) is 0 Å². The van der Waals surface area contributed by atoms with Crippen molar-refractivity contribution in [3.8, 4) is 0 Å². The van der Waals surface area contributed by atoms with E-state index in [4.69, 9.17) is 4.74 Å². The molecule has 1 amide bonds. The van der Waals surface area contributed by atoms with Crippen LogP contribution in [0.3, 0.4) is 0 Å². The molecule has 3 rings (SSSR count). The first-order valence-electron chi connectivity index (χ1n) is 8.05. The summed E-state index contributed by atoms with van der Waals surface area (Å²) in [5.74, 6) is 0.651. The molecule has 1 aliphatic rings. The zero-order valence-electron chi connectivity index (χ0n) is 13.3. The van der Waals surface area contributed by atoms with Gasteiger partial charge in [0.25, 0.3) is 5.91 Å². The highest BCUT2D eigenvalue weighted by Crippen LogP contribution is 2.25. The number of rotatable bonds is 4. The second-order valence-corrected chi connectivity index (χ2v) is 6.42. The molecule has 22 heavy (non-hydrogen) atoms. The van der Waals surface area contributed by atoms with Crippen molar-refractivity contribution in [1.82, 2.24) is 10.3 Å². The number of ether oxygens (including phenoxy) is 1. The Morgan fingerprint density at radius 1 is 1.27 bits per heavy atom. The van der Waals surface area contributed by atoms with Crippen molar-refractivity contribution in [3.05, 3.63) is 35.5 Å². The number of hydrogen-bond acceptors (Lipinski definition) is 2. The molecule has 0 radical (unpaired) electrons. The third-order valence-electron chi connectivity index (χ3n) is 4.61. The number of nitrogens with one attached hydrogen (secondary N) is 2. The fourth-order valence-electron chi connectivity index (χ4n) is 3.35. The van der Waals surface area contributed by atoms with Gasteiger partial charge in [0, 0.05) is 30.7 Å². The maximum absolute atomic E-state index is 12.4. The van der Waals surface area contributed by atoms with Gasteiger partial charge < -0.3 is 15.0 Å². The summed E-state index contributed by atoms with van der Waals surface area (Å²) in [4.78, 5) is 15.6. The Labute approximate surface area is 131 Å². The molecule has 1 fully saturated rings. The van der Waals surface area contributed by atoms with Crippen LogP contribution in [0.4, 0.5) is 0 Å². The average molecular weight is 300 g/mol. The molecule has 0 bridgehead atoms. The Hall–Kier alpha value is -1.81. The number of carbonyl (C=O) groups is 1. The number of fused-ring (bicyclic) bond motifs is 1. The van der Waals surface area contributed by atoms with Crippen molar-refractivity contribution in [1.29, 1.82) is 0 Å². The smallest absolute Gasteiger partial charge is 0.267 e. The van der Waals surface area contributed by atoms with E-state index in [-0.39, 0.29) is 11.9 Å². The predicted octanol–water partition coefficient (Wildman–Crippen LogP) is 3.41. The Bertz CT molecular complexity index is 654. The van der Waals surface area contributed by atoms with E-state index in [0.717, 1.165) is 43.2 Å². The molecule has 1 saturated carbocycles. The summed E-state index contributed by atoms with van der Waals surface area (Å²) in [7, 11) is 1.76. The van der Waals surface area contributed by atoms with Crippen LogP contribution in [0.2, 0.25) is 0 Å². The van der Waals surface area contributed by atoms with Crippen LogP contribution in [0.1, 0.15) is 41.7 Å². The summed E-state index contributed by atoms with van der Waals surface area (Å²) >= 11 is 0. The zero-order valence-corrected chi connectivity index (χ0v) is 13.3. The van der Waals surface area contributed by atoms with Crippen LogP contribution in [0.15, 0.2) is 24.3 Å². The van der Waals surface area contributed by atoms with Gasteiger partial charge >= 0.3 is 0 Å². The van der Waals surface area contributed by atoms with Crippen LogP contribution in [0.25, 0.3) is 10.9 Å². The van der Waals surface area contributed by atoms with Crippen LogP contribution < -0.4 is 5.32 Å². The Morgan fingerprint density at radius 2 is 2.05 bits per heavy atom. The lowest BCUT2D eigenvalue weighted by Gasteiger charge is -2.28. The van der Waals surface area contributed by atoms with Crippen molar-refractivity contribution in [2.45, 2.75) is 38.6 Å². The number of benzene rings is 1. The van der Waals surface area contributed by atoms with Crippen molar-refractivity contribution in [2.24, 2.45) is 5.92 Å². The Morgan fingerprint density at radius 3 is 2.77 bits per heavy atom. The highest BCUT2D eigenvalue weighted by atomic mass is 16.5. The van der Waals surface area contributed by atoms with Gasteiger partial charge in [-0.2, -0.15) is 0 Å². The summed E-state index contributed by atoms with van der Waals surface area (Å²) in [6, 6.07) is 8.40. The van der Waals surface area contributed by atoms with Gasteiger partial charge in [0.2, 0.25) is 0 Å². The van der Waals surface area contributed by atoms with Gasteiger partial charge in [-0.25, -0.2) is 0 Å². The standard InChI is InChI=1S/C18H24N2O2/c1-12-3-8-16-14(9-12)10-17(20-16)18(21)19-15-6-4-13(5-7-15)11-22-2/h3,8-10,13,15,20H,4-7,11H2,1-2H3,(H,19,21). The van der Waals surface area contributed by atoms with Gasteiger partial charge in [0.15, 0.2) is 0 Å². The molecule has 0 saturated heterocycles. The largest absolute Gasteiger partial charge is 0.384 e. The SMILES string of the molecule is COCC1CCC(NC(=O)c2cc3cc(C)ccc3[nH]2)CC1. The third-order valence-corrected chi connectivity index (χ3v) is 4.61. The van der Waals surface area contributed by atoms with Crippen LogP contribution in [-0.2, 0) is 4.74 Å². The third kappa shape index (κ3) is 3.33. The summed E-state index contributed by atoms with van der Waals surface area (Å²) < 4.78 is 5.22. The molecule has 0 atom stereocenters. The van der Waals surface area contributed by atoms with Crippen molar-refractivity contribution in [3.63, 3.8) is 0 Å². The first kappa shape index (κ1) is 15.1. The maximum Gasteiger partial charge on any atom is 0.267 e. The van der Waals surface area contributed by atoms with Gasteiger partial charge in [-0.05, 0) is 56.7 Å². The number of hydrogen-bond donors (Lipinski definition) is 2. The molecule has 4 heteroatoms. The lowest BCUT2D eigenvalue weighted by molar-refractivity contribution is 0.0894. The summed E-state index contributed by atoms with van der Waals surface area (Å²) in [5, 5.41) is 4.25. The molecule has 0 aliphatic heterocycles. The fourth-order valence-corrected chi connectivity index (χ4v) is 3.35. The summed E-state index contributed by atoms with van der Waals surface area (Å²) in [6.45, 7) is 2.90. The number of amides is 1. The topological polar surface area (TPSA) is 54.1 Å². The van der Waals surface area contributed by atoms with Crippen molar-refractivity contribution >= 4 is 16.8 Å². The number of carbonyl (C=O) groups excluding carboxylic acids is 1. The summed E-state index contributed by atoms with van der Waals surface area (Å²) in [6.07, 6.45) is 4.34. The van der Waals surface area contributed by atoms with Crippen LogP contribution in [0.5, 0.6) is 0 Å². The van der Waals surface area contributed by atoms with E-state index in [0.29, 0.717) is 11.6 Å². The van der Waals surface area contributed by atoms with E-state index in [1.54, 1.807) is 7.11 Å². The first-order valence-corrected chi connectivity index (χ1v) is 8.05. The van der Waals surface area contributed by atoms with E-state index in [1.165, 1.54) is 5.56 Å². The number of aromatic amines is 1. The number of aryl methyl sites for hydroxylation is 1. The van der Waals surface area contributed by atoms with E-state index in [1.807, 2.05) is 12.1 Å². The second kappa shape index (κ2) is 6.53. The van der Waals surface area contributed by atoms with Gasteiger partial charge in [-0.3, -0.25) is 4.79 Å². The molecular formula is C18H24N2O2. The predicted molar refractivity (Wildman–Crippen MR) is 88.1 cm³/mol. The molecule has 4 nitrogen and oxygen atoms in total. The average Bonchev–Trinajstić information content (AvgIpc) is 2.92. The summed E-state index contributed by atoms with van der Waals surface area (Å²) in [5.41, 5.74) is 2.87. The highest BCUT2D eigenvalue weighted by Gasteiger charge is 2.23. The molecule has 2 N–H and O–H groups in total. The molecule has 1 heterocycles. The molecule has 1 aromatic heterocycles. The normalized spacial score (nSPS) is 21.9. The van der Waals surface area contributed by atoms with Crippen LogP contribution in [0, 0.1) is 12.8 Å². The molecule has 0 spiro atoms. The Kier molecular flexibility index (Phi) is 4.48. The highest BCUT2D eigenvalue weighted by molar-refractivity contribution is 5.98. The number of aromatic nitrogens is 1.